The van der Waals surface area contributed by atoms with Crippen LogP contribution in [0.3, 0.4) is 0 Å². The number of carbonyl (C=O) groups is 1. The van der Waals surface area contributed by atoms with Crippen LogP contribution >= 0.6 is 0 Å². The molecule has 3 nitrogen and oxygen atoms in total. The number of carboxylic acid groups (broad SMARTS) is 1. The molecule has 0 aromatic heterocycles. The van der Waals surface area contributed by atoms with E-state index in [0.717, 1.165) is 25.8 Å². The third kappa shape index (κ3) is 2.97. The Kier molecular flexibility index (Phi) is 4.78. The zero-order valence-corrected chi connectivity index (χ0v) is 10.8. The van der Waals surface area contributed by atoms with Gasteiger partial charge in [0.2, 0.25) is 0 Å². The van der Waals surface area contributed by atoms with Crippen LogP contribution in [0.4, 0.5) is 0 Å². The third-order valence-electron chi connectivity index (χ3n) is 3.90. The van der Waals surface area contributed by atoms with E-state index in [1.54, 1.807) is 0 Å². The molecule has 0 saturated heterocycles. The summed E-state index contributed by atoms with van der Waals surface area (Å²) in [6.07, 6.45) is 4.84. The van der Waals surface area contributed by atoms with Crippen molar-refractivity contribution in [3.05, 3.63) is 0 Å². The molecular formula is C13H25NO2. The van der Waals surface area contributed by atoms with Crippen LogP contribution in [0.5, 0.6) is 0 Å². The van der Waals surface area contributed by atoms with E-state index in [0.29, 0.717) is 11.8 Å². The number of nitrogens with one attached hydrogen (secondary N) is 1. The van der Waals surface area contributed by atoms with Gasteiger partial charge in [-0.3, -0.25) is 4.79 Å². The van der Waals surface area contributed by atoms with Crippen molar-refractivity contribution in [2.24, 2.45) is 11.8 Å². The Morgan fingerprint density at radius 3 is 2.69 bits per heavy atom. The molecule has 0 spiro atoms. The Bertz CT molecular complexity index is 236. The molecule has 0 radical (unpaired) electrons. The molecule has 1 aliphatic rings. The van der Waals surface area contributed by atoms with E-state index in [-0.39, 0.29) is 12.0 Å². The van der Waals surface area contributed by atoms with Crippen LogP contribution in [0.1, 0.15) is 52.9 Å². The second-order valence-electron chi connectivity index (χ2n) is 5.35. The van der Waals surface area contributed by atoms with Gasteiger partial charge in [-0.05, 0) is 31.2 Å². The fourth-order valence-corrected chi connectivity index (χ4v) is 3.36. The Labute approximate surface area is 98.6 Å². The summed E-state index contributed by atoms with van der Waals surface area (Å²) in [4.78, 5) is 11.1. The monoisotopic (exact) mass is 227 g/mol. The van der Waals surface area contributed by atoms with Crippen LogP contribution in [0.15, 0.2) is 0 Å². The molecule has 0 heterocycles. The van der Waals surface area contributed by atoms with Crippen molar-refractivity contribution in [2.75, 3.05) is 6.54 Å². The largest absolute Gasteiger partial charge is 0.481 e. The van der Waals surface area contributed by atoms with Crippen molar-refractivity contribution in [1.29, 1.82) is 0 Å². The molecule has 2 atom stereocenters. The van der Waals surface area contributed by atoms with E-state index >= 15 is 0 Å². The summed E-state index contributed by atoms with van der Waals surface area (Å²) >= 11 is 0. The van der Waals surface area contributed by atoms with Crippen molar-refractivity contribution >= 4 is 5.97 Å². The van der Waals surface area contributed by atoms with E-state index in [4.69, 9.17) is 5.11 Å². The molecule has 1 fully saturated rings. The van der Waals surface area contributed by atoms with Gasteiger partial charge in [-0.1, -0.05) is 33.6 Å². The first-order valence-electron chi connectivity index (χ1n) is 6.48. The molecule has 0 bridgehead atoms. The maximum atomic E-state index is 11.1. The third-order valence-corrected chi connectivity index (χ3v) is 3.90. The summed E-state index contributed by atoms with van der Waals surface area (Å²) in [6, 6.07) is 0. The van der Waals surface area contributed by atoms with Crippen molar-refractivity contribution in [2.45, 2.75) is 58.4 Å². The van der Waals surface area contributed by atoms with Gasteiger partial charge in [-0.2, -0.15) is 0 Å². The van der Waals surface area contributed by atoms with Crippen molar-refractivity contribution < 1.29 is 9.90 Å². The highest BCUT2D eigenvalue weighted by Crippen LogP contribution is 2.40. The fraction of sp³-hybridized carbons (Fsp3) is 0.923. The van der Waals surface area contributed by atoms with E-state index in [9.17, 15) is 4.79 Å². The lowest BCUT2D eigenvalue weighted by Crippen LogP contribution is -2.55. The highest BCUT2D eigenvalue weighted by molar-refractivity contribution is 5.68. The quantitative estimate of drug-likeness (QED) is 0.759. The number of hydrogen-bond donors (Lipinski definition) is 2. The minimum absolute atomic E-state index is 0.160. The molecule has 16 heavy (non-hydrogen) atoms. The summed E-state index contributed by atoms with van der Waals surface area (Å²) in [5.74, 6) is 0.379. The van der Waals surface area contributed by atoms with Gasteiger partial charge < -0.3 is 10.4 Å². The average Bonchev–Trinajstić information content (AvgIpc) is 2.16. The molecule has 0 aromatic carbocycles. The molecule has 1 rings (SSSR count). The Morgan fingerprint density at radius 1 is 1.50 bits per heavy atom. The molecule has 0 aliphatic heterocycles. The zero-order chi connectivity index (χ0) is 12.2. The van der Waals surface area contributed by atoms with Crippen LogP contribution in [0.2, 0.25) is 0 Å². The normalized spacial score (nSPS) is 30.6. The first kappa shape index (κ1) is 13.5. The number of aliphatic carboxylic acids is 1. The molecule has 1 saturated carbocycles. The SMILES string of the molecule is CCNC1(CC(=O)O)CCCCC1C(C)C. The van der Waals surface area contributed by atoms with Gasteiger partial charge in [-0.25, -0.2) is 0 Å². The van der Waals surface area contributed by atoms with Gasteiger partial charge in [0.1, 0.15) is 0 Å². The van der Waals surface area contributed by atoms with Gasteiger partial charge in [0.05, 0.1) is 6.42 Å². The van der Waals surface area contributed by atoms with Gasteiger partial charge in [-0.15, -0.1) is 0 Å². The van der Waals surface area contributed by atoms with Gasteiger partial charge in [0.15, 0.2) is 0 Å². The average molecular weight is 227 g/mol. The van der Waals surface area contributed by atoms with Crippen molar-refractivity contribution in [3.8, 4) is 0 Å². The lowest BCUT2D eigenvalue weighted by Gasteiger charge is -2.46. The molecule has 0 amide bonds. The minimum atomic E-state index is -0.673. The Morgan fingerprint density at radius 2 is 2.19 bits per heavy atom. The molecule has 2 unspecified atom stereocenters. The maximum absolute atomic E-state index is 11.1. The minimum Gasteiger partial charge on any atom is -0.481 e. The summed E-state index contributed by atoms with van der Waals surface area (Å²) in [7, 11) is 0. The molecule has 2 N–H and O–H groups in total. The molecule has 94 valence electrons. The second-order valence-corrected chi connectivity index (χ2v) is 5.35. The first-order chi connectivity index (χ1) is 7.52. The smallest absolute Gasteiger partial charge is 0.305 e. The van der Waals surface area contributed by atoms with Gasteiger partial charge >= 0.3 is 5.97 Å². The standard InChI is InChI=1S/C13H25NO2/c1-4-14-13(9-12(15)16)8-6-5-7-11(13)10(2)3/h10-11,14H,4-9H2,1-3H3,(H,15,16). The number of hydrogen-bond acceptors (Lipinski definition) is 2. The van der Waals surface area contributed by atoms with Crippen LogP contribution < -0.4 is 5.32 Å². The molecule has 3 heteroatoms. The lowest BCUT2D eigenvalue weighted by molar-refractivity contribution is -0.140. The van der Waals surface area contributed by atoms with Crippen LogP contribution in [-0.4, -0.2) is 23.2 Å². The molecule has 1 aliphatic carbocycles. The van der Waals surface area contributed by atoms with Crippen molar-refractivity contribution in [3.63, 3.8) is 0 Å². The van der Waals surface area contributed by atoms with Gasteiger partial charge in [0, 0.05) is 5.54 Å². The first-order valence-corrected chi connectivity index (χ1v) is 6.48. The zero-order valence-electron chi connectivity index (χ0n) is 10.8. The number of rotatable bonds is 5. The van der Waals surface area contributed by atoms with E-state index in [2.05, 4.69) is 26.1 Å². The predicted molar refractivity (Wildman–Crippen MR) is 65.5 cm³/mol. The van der Waals surface area contributed by atoms with Gasteiger partial charge in [0.25, 0.3) is 0 Å². The Balaban J connectivity index is 2.87. The molecule has 0 aromatic rings. The maximum Gasteiger partial charge on any atom is 0.305 e. The number of carboxylic acids is 1. The van der Waals surface area contributed by atoms with E-state index in [1.165, 1.54) is 6.42 Å². The van der Waals surface area contributed by atoms with E-state index < -0.39 is 5.97 Å². The van der Waals surface area contributed by atoms with E-state index in [1.807, 2.05) is 0 Å². The second kappa shape index (κ2) is 5.67. The lowest BCUT2D eigenvalue weighted by atomic mass is 9.66. The highest BCUT2D eigenvalue weighted by Gasteiger charge is 2.42. The topological polar surface area (TPSA) is 49.3 Å². The fourth-order valence-electron chi connectivity index (χ4n) is 3.36. The predicted octanol–water partition coefficient (Wildman–Crippen LogP) is 2.66. The highest BCUT2D eigenvalue weighted by atomic mass is 16.4. The van der Waals surface area contributed by atoms with Crippen molar-refractivity contribution in [1.82, 2.24) is 5.32 Å². The summed E-state index contributed by atoms with van der Waals surface area (Å²) in [5, 5.41) is 12.6. The molecular weight excluding hydrogens is 202 g/mol. The van der Waals surface area contributed by atoms with Crippen LogP contribution in [0, 0.1) is 11.8 Å². The summed E-state index contributed by atoms with van der Waals surface area (Å²) in [6.45, 7) is 7.35. The van der Waals surface area contributed by atoms with Crippen LogP contribution in [0.25, 0.3) is 0 Å². The Hall–Kier alpha value is -0.570. The van der Waals surface area contributed by atoms with Crippen LogP contribution in [-0.2, 0) is 4.79 Å². The summed E-state index contributed by atoms with van der Waals surface area (Å²) < 4.78 is 0. The summed E-state index contributed by atoms with van der Waals surface area (Å²) in [5.41, 5.74) is -0.160.